The normalized spacial score (nSPS) is 18.3. The van der Waals surface area contributed by atoms with E-state index in [2.05, 4.69) is 27.5 Å². The van der Waals surface area contributed by atoms with Gasteiger partial charge in [0.1, 0.15) is 11.4 Å². The number of nitrogens with one attached hydrogen (secondary N) is 2. The number of piperidine rings is 1. The number of likely N-dealkylation sites (tertiary alicyclic amines) is 1. The fraction of sp³-hybridized carbons (Fsp3) is 0.444. The lowest BCUT2D eigenvalue weighted by atomic mass is 9.98. The van der Waals surface area contributed by atoms with Crippen LogP contribution in [0.5, 0.6) is 5.75 Å². The Labute approximate surface area is 142 Å². The lowest BCUT2D eigenvalue weighted by Gasteiger charge is -2.29. The second-order valence-corrected chi connectivity index (χ2v) is 6.35. The SMILES string of the molecule is COc1ccccc1-c1cc(C(=O)NC[C@@H]2CCCN(C)C2)[nH]n1. The fourth-order valence-corrected chi connectivity index (χ4v) is 3.20. The van der Waals surface area contributed by atoms with Gasteiger partial charge in [-0.05, 0) is 50.6 Å². The van der Waals surface area contributed by atoms with Crippen molar-refractivity contribution in [1.29, 1.82) is 0 Å². The Morgan fingerprint density at radius 1 is 1.46 bits per heavy atom. The Hall–Kier alpha value is -2.34. The van der Waals surface area contributed by atoms with E-state index in [0.29, 0.717) is 23.9 Å². The van der Waals surface area contributed by atoms with Gasteiger partial charge >= 0.3 is 0 Å². The van der Waals surface area contributed by atoms with Crippen molar-refractivity contribution in [1.82, 2.24) is 20.4 Å². The molecule has 0 spiro atoms. The number of amides is 1. The molecule has 0 bridgehead atoms. The van der Waals surface area contributed by atoms with E-state index in [0.717, 1.165) is 24.4 Å². The average molecular weight is 328 g/mol. The summed E-state index contributed by atoms with van der Waals surface area (Å²) in [5, 5.41) is 10.1. The summed E-state index contributed by atoms with van der Waals surface area (Å²) in [7, 11) is 3.75. The second kappa shape index (κ2) is 7.49. The van der Waals surface area contributed by atoms with Crippen molar-refractivity contribution < 1.29 is 9.53 Å². The number of para-hydroxylation sites is 1. The number of carbonyl (C=O) groups excluding carboxylic acids is 1. The molecule has 1 aromatic heterocycles. The monoisotopic (exact) mass is 328 g/mol. The summed E-state index contributed by atoms with van der Waals surface area (Å²) in [6, 6.07) is 9.40. The predicted molar refractivity (Wildman–Crippen MR) is 93.1 cm³/mol. The highest BCUT2D eigenvalue weighted by Crippen LogP contribution is 2.28. The van der Waals surface area contributed by atoms with Gasteiger partial charge in [0.15, 0.2) is 0 Å². The minimum Gasteiger partial charge on any atom is -0.496 e. The van der Waals surface area contributed by atoms with Gasteiger partial charge in [0.25, 0.3) is 5.91 Å². The zero-order chi connectivity index (χ0) is 16.9. The number of carbonyl (C=O) groups is 1. The molecule has 1 fully saturated rings. The molecule has 0 aliphatic carbocycles. The third-order valence-corrected chi connectivity index (χ3v) is 4.48. The molecule has 2 heterocycles. The molecule has 1 amide bonds. The van der Waals surface area contributed by atoms with Crippen LogP contribution in [0.4, 0.5) is 0 Å². The van der Waals surface area contributed by atoms with Gasteiger partial charge < -0.3 is 15.0 Å². The van der Waals surface area contributed by atoms with Crippen LogP contribution in [-0.2, 0) is 0 Å². The van der Waals surface area contributed by atoms with Gasteiger partial charge in [-0.15, -0.1) is 0 Å². The van der Waals surface area contributed by atoms with E-state index in [1.807, 2.05) is 24.3 Å². The Kier molecular flexibility index (Phi) is 5.15. The standard InChI is InChI=1S/C18H24N4O2/c1-22-9-5-6-13(12-22)11-19-18(23)16-10-15(20-21-16)14-7-3-4-8-17(14)24-2/h3-4,7-8,10,13H,5-6,9,11-12H2,1-2H3,(H,19,23)(H,20,21)/t13-/m0/s1. The van der Waals surface area contributed by atoms with Crippen LogP contribution in [0.1, 0.15) is 23.3 Å². The quantitative estimate of drug-likeness (QED) is 0.882. The van der Waals surface area contributed by atoms with Crippen LogP contribution < -0.4 is 10.1 Å². The fourth-order valence-electron chi connectivity index (χ4n) is 3.20. The van der Waals surface area contributed by atoms with Gasteiger partial charge in [-0.3, -0.25) is 9.89 Å². The Balaban J connectivity index is 1.63. The lowest BCUT2D eigenvalue weighted by molar-refractivity contribution is 0.0932. The first-order chi connectivity index (χ1) is 11.7. The molecular formula is C18H24N4O2. The summed E-state index contributed by atoms with van der Waals surface area (Å²) in [4.78, 5) is 14.7. The molecule has 0 radical (unpaired) electrons. The average Bonchev–Trinajstić information content (AvgIpc) is 3.09. The van der Waals surface area contributed by atoms with Gasteiger partial charge in [-0.1, -0.05) is 12.1 Å². The minimum absolute atomic E-state index is 0.114. The number of hydrogen-bond acceptors (Lipinski definition) is 4. The summed E-state index contributed by atoms with van der Waals surface area (Å²) >= 11 is 0. The van der Waals surface area contributed by atoms with Crippen molar-refractivity contribution in [3.05, 3.63) is 36.0 Å². The molecule has 128 valence electrons. The van der Waals surface area contributed by atoms with Crippen molar-refractivity contribution in [3.63, 3.8) is 0 Å². The number of rotatable bonds is 5. The van der Waals surface area contributed by atoms with Gasteiger partial charge in [-0.25, -0.2) is 0 Å². The maximum Gasteiger partial charge on any atom is 0.269 e. The highest BCUT2D eigenvalue weighted by atomic mass is 16.5. The molecule has 2 aromatic rings. The first-order valence-corrected chi connectivity index (χ1v) is 8.33. The number of methoxy groups -OCH3 is 1. The molecule has 2 N–H and O–H groups in total. The van der Waals surface area contributed by atoms with Gasteiger partial charge in [0.05, 0.1) is 12.8 Å². The molecule has 1 aromatic carbocycles. The van der Waals surface area contributed by atoms with E-state index >= 15 is 0 Å². The number of ether oxygens (including phenoxy) is 1. The van der Waals surface area contributed by atoms with Crippen molar-refractivity contribution in [2.45, 2.75) is 12.8 Å². The summed E-state index contributed by atoms with van der Waals surface area (Å²) in [6.45, 7) is 2.88. The topological polar surface area (TPSA) is 70.2 Å². The third-order valence-electron chi connectivity index (χ3n) is 4.48. The summed E-state index contributed by atoms with van der Waals surface area (Å²) < 4.78 is 5.35. The number of aromatic amines is 1. The van der Waals surface area contributed by atoms with E-state index in [1.54, 1.807) is 13.2 Å². The largest absolute Gasteiger partial charge is 0.496 e. The molecule has 0 saturated carbocycles. The number of benzene rings is 1. The van der Waals surface area contributed by atoms with E-state index in [4.69, 9.17) is 4.74 Å². The molecule has 3 rings (SSSR count). The van der Waals surface area contributed by atoms with Crippen LogP contribution in [0.15, 0.2) is 30.3 Å². The molecule has 0 unspecified atom stereocenters. The van der Waals surface area contributed by atoms with Crippen molar-refractivity contribution in [2.75, 3.05) is 33.8 Å². The van der Waals surface area contributed by atoms with E-state index in [9.17, 15) is 4.79 Å². The summed E-state index contributed by atoms with van der Waals surface area (Å²) in [5.41, 5.74) is 2.04. The Morgan fingerprint density at radius 3 is 3.08 bits per heavy atom. The molecule has 1 saturated heterocycles. The number of H-pyrrole nitrogens is 1. The zero-order valence-corrected chi connectivity index (χ0v) is 14.2. The second-order valence-electron chi connectivity index (χ2n) is 6.35. The number of hydrogen-bond donors (Lipinski definition) is 2. The van der Waals surface area contributed by atoms with E-state index < -0.39 is 0 Å². The molecule has 6 heteroatoms. The van der Waals surface area contributed by atoms with Crippen LogP contribution in [0.25, 0.3) is 11.3 Å². The summed E-state index contributed by atoms with van der Waals surface area (Å²) in [5.74, 6) is 1.14. The van der Waals surface area contributed by atoms with Crippen LogP contribution in [0, 0.1) is 5.92 Å². The van der Waals surface area contributed by atoms with Crippen LogP contribution in [-0.4, -0.2) is 54.8 Å². The van der Waals surface area contributed by atoms with Crippen molar-refractivity contribution in [2.24, 2.45) is 5.92 Å². The zero-order valence-electron chi connectivity index (χ0n) is 14.2. The molecule has 24 heavy (non-hydrogen) atoms. The summed E-state index contributed by atoms with van der Waals surface area (Å²) in [6.07, 6.45) is 2.36. The maximum atomic E-state index is 12.3. The molecular weight excluding hydrogens is 304 g/mol. The Morgan fingerprint density at radius 2 is 2.29 bits per heavy atom. The van der Waals surface area contributed by atoms with Crippen LogP contribution >= 0.6 is 0 Å². The third kappa shape index (κ3) is 3.76. The smallest absolute Gasteiger partial charge is 0.269 e. The highest BCUT2D eigenvalue weighted by Gasteiger charge is 2.19. The molecule has 1 aliphatic rings. The molecule has 6 nitrogen and oxygen atoms in total. The first kappa shape index (κ1) is 16.5. The highest BCUT2D eigenvalue weighted by molar-refractivity contribution is 5.93. The number of nitrogens with zero attached hydrogens (tertiary/aromatic N) is 2. The molecule has 1 atom stereocenters. The van der Waals surface area contributed by atoms with Crippen LogP contribution in [0.2, 0.25) is 0 Å². The minimum atomic E-state index is -0.114. The van der Waals surface area contributed by atoms with Gasteiger partial charge in [0.2, 0.25) is 0 Å². The van der Waals surface area contributed by atoms with Gasteiger partial charge in [0, 0.05) is 18.7 Å². The first-order valence-electron chi connectivity index (χ1n) is 8.33. The number of aromatic nitrogens is 2. The predicted octanol–water partition coefficient (Wildman–Crippen LogP) is 2.16. The molecule has 1 aliphatic heterocycles. The van der Waals surface area contributed by atoms with Crippen LogP contribution in [0.3, 0.4) is 0 Å². The maximum absolute atomic E-state index is 12.3. The van der Waals surface area contributed by atoms with Crippen molar-refractivity contribution >= 4 is 5.91 Å². The van der Waals surface area contributed by atoms with Crippen molar-refractivity contribution in [3.8, 4) is 17.0 Å². The van der Waals surface area contributed by atoms with E-state index in [-0.39, 0.29) is 5.91 Å². The van der Waals surface area contributed by atoms with E-state index in [1.165, 1.54) is 12.8 Å². The Bertz CT molecular complexity index is 698. The van der Waals surface area contributed by atoms with Gasteiger partial charge in [-0.2, -0.15) is 5.10 Å². The lowest BCUT2D eigenvalue weighted by Crippen LogP contribution is -2.39.